The van der Waals surface area contributed by atoms with Gasteiger partial charge < -0.3 is 15.4 Å². The Morgan fingerprint density at radius 1 is 0.974 bits per heavy atom. The van der Waals surface area contributed by atoms with E-state index in [4.69, 9.17) is 4.98 Å². The molecule has 1 aromatic carbocycles. The molecule has 1 aromatic heterocycles. The normalized spacial score (nSPS) is 35.3. The third-order valence-electron chi connectivity index (χ3n) is 11.1. The Morgan fingerprint density at radius 2 is 1.61 bits per heavy atom. The SMILES string of the molecule is O=C(O)c1cccc(NC(=O)c2nc(C3C4CCCC3CCC4)[nH]c2CCC23CC4CC(CC(C4)C2)C3)c1. The number of nitrogens with one attached hydrogen (secondary N) is 2. The highest BCUT2D eigenvalue weighted by molar-refractivity contribution is 6.04. The van der Waals surface area contributed by atoms with E-state index >= 15 is 0 Å². The molecule has 1 amide bonds. The van der Waals surface area contributed by atoms with Crippen LogP contribution in [0.1, 0.15) is 122 Å². The van der Waals surface area contributed by atoms with Gasteiger partial charge in [0, 0.05) is 17.3 Å². The van der Waals surface area contributed by atoms with E-state index in [0.717, 1.165) is 42.1 Å². The average Bonchev–Trinajstić information content (AvgIpc) is 3.31. The van der Waals surface area contributed by atoms with Crippen molar-refractivity contribution < 1.29 is 14.7 Å². The second-order valence-corrected chi connectivity index (χ2v) is 13.6. The Morgan fingerprint density at radius 3 is 2.21 bits per heavy atom. The molecule has 6 aliphatic rings. The highest BCUT2D eigenvalue weighted by Crippen LogP contribution is 2.61. The minimum atomic E-state index is -0.997. The number of amides is 1. The number of anilines is 1. The summed E-state index contributed by atoms with van der Waals surface area (Å²) in [6.45, 7) is 0. The molecule has 6 bridgehead atoms. The minimum absolute atomic E-state index is 0.169. The highest BCUT2D eigenvalue weighted by atomic mass is 16.4. The maximum atomic E-state index is 13.6. The fraction of sp³-hybridized carbons (Fsp3) is 0.656. The van der Waals surface area contributed by atoms with Crippen LogP contribution in [0.25, 0.3) is 0 Å². The summed E-state index contributed by atoms with van der Waals surface area (Å²) < 4.78 is 0. The fourth-order valence-corrected chi connectivity index (χ4v) is 9.99. The van der Waals surface area contributed by atoms with Gasteiger partial charge in [-0.05, 0) is 130 Å². The molecule has 6 fully saturated rings. The van der Waals surface area contributed by atoms with Crippen molar-refractivity contribution >= 4 is 17.6 Å². The van der Waals surface area contributed by atoms with Gasteiger partial charge in [0.05, 0.1) is 5.56 Å². The lowest BCUT2D eigenvalue weighted by atomic mass is 9.48. The molecule has 6 nitrogen and oxygen atoms in total. The Hall–Kier alpha value is -2.63. The van der Waals surface area contributed by atoms with Gasteiger partial charge in [0.25, 0.3) is 5.91 Å². The third-order valence-corrected chi connectivity index (χ3v) is 11.1. The molecule has 0 aliphatic heterocycles. The molecule has 0 saturated heterocycles. The molecule has 0 atom stereocenters. The summed E-state index contributed by atoms with van der Waals surface area (Å²) in [6, 6.07) is 6.49. The zero-order chi connectivity index (χ0) is 25.9. The second kappa shape index (κ2) is 9.53. The number of aryl methyl sites for hydroxylation is 1. The summed E-state index contributed by atoms with van der Waals surface area (Å²) >= 11 is 0. The molecule has 6 heteroatoms. The monoisotopic (exact) mass is 515 g/mol. The lowest BCUT2D eigenvalue weighted by Gasteiger charge is -2.57. The molecule has 3 N–H and O–H groups in total. The van der Waals surface area contributed by atoms with Gasteiger partial charge >= 0.3 is 5.97 Å². The molecule has 0 radical (unpaired) electrons. The van der Waals surface area contributed by atoms with Crippen LogP contribution in [0, 0.1) is 35.0 Å². The number of fused-ring (bicyclic) bond motifs is 2. The van der Waals surface area contributed by atoms with E-state index in [-0.39, 0.29) is 11.5 Å². The Bertz CT molecular complexity index is 1180. The van der Waals surface area contributed by atoms with Crippen molar-refractivity contribution in [2.45, 2.75) is 95.8 Å². The number of carbonyl (C=O) groups is 2. The van der Waals surface area contributed by atoms with Gasteiger partial charge in [-0.1, -0.05) is 18.9 Å². The van der Waals surface area contributed by atoms with E-state index in [1.54, 1.807) is 18.2 Å². The predicted molar refractivity (Wildman–Crippen MR) is 146 cm³/mol. The number of benzene rings is 1. The van der Waals surface area contributed by atoms with E-state index in [0.29, 0.717) is 34.6 Å². The Balaban J connectivity index is 1.17. The number of aromatic amines is 1. The number of rotatable bonds is 7. The summed E-state index contributed by atoms with van der Waals surface area (Å²) in [5.74, 6) is 4.36. The summed E-state index contributed by atoms with van der Waals surface area (Å²) in [5.41, 5.74) is 2.63. The first kappa shape index (κ1) is 24.4. The molecule has 6 saturated carbocycles. The fourth-order valence-electron chi connectivity index (χ4n) is 9.99. The smallest absolute Gasteiger partial charge is 0.335 e. The quantitative estimate of drug-likeness (QED) is 0.364. The van der Waals surface area contributed by atoms with Crippen LogP contribution in [0.5, 0.6) is 0 Å². The van der Waals surface area contributed by atoms with E-state index in [2.05, 4.69) is 10.3 Å². The number of imidazole rings is 1. The molecule has 0 spiro atoms. The molecule has 202 valence electrons. The molecule has 6 aliphatic carbocycles. The number of nitrogens with zero attached hydrogens (tertiary/aromatic N) is 1. The van der Waals surface area contributed by atoms with Crippen molar-refractivity contribution in [1.82, 2.24) is 9.97 Å². The van der Waals surface area contributed by atoms with Crippen molar-refractivity contribution in [2.24, 2.45) is 35.0 Å². The van der Waals surface area contributed by atoms with Crippen LogP contribution >= 0.6 is 0 Å². The van der Waals surface area contributed by atoms with Gasteiger partial charge in [-0.2, -0.15) is 0 Å². The molecular weight excluding hydrogens is 474 g/mol. The molecule has 2 aromatic rings. The van der Waals surface area contributed by atoms with Gasteiger partial charge in [0.1, 0.15) is 11.5 Å². The van der Waals surface area contributed by atoms with Crippen molar-refractivity contribution in [3.63, 3.8) is 0 Å². The molecule has 1 heterocycles. The third kappa shape index (κ3) is 4.48. The molecule has 8 rings (SSSR count). The maximum Gasteiger partial charge on any atom is 0.335 e. The Labute approximate surface area is 225 Å². The van der Waals surface area contributed by atoms with Crippen molar-refractivity contribution in [2.75, 3.05) is 5.32 Å². The van der Waals surface area contributed by atoms with Crippen LogP contribution in [0.2, 0.25) is 0 Å². The Kier molecular flexibility index (Phi) is 6.12. The summed E-state index contributed by atoms with van der Waals surface area (Å²) in [4.78, 5) is 33.9. The number of carboxylic acids is 1. The zero-order valence-corrected chi connectivity index (χ0v) is 22.4. The second-order valence-electron chi connectivity index (χ2n) is 13.6. The van der Waals surface area contributed by atoms with Gasteiger partial charge in [0.2, 0.25) is 0 Å². The number of carboxylic acid groups (broad SMARTS) is 1. The van der Waals surface area contributed by atoms with Crippen LogP contribution < -0.4 is 5.32 Å². The lowest BCUT2D eigenvalue weighted by molar-refractivity contribution is -0.0570. The number of aromatic carboxylic acids is 1. The zero-order valence-electron chi connectivity index (χ0n) is 22.4. The van der Waals surface area contributed by atoms with Gasteiger partial charge in [-0.15, -0.1) is 0 Å². The van der Waals surface area contributed by atoms with Crippen LogP contribution in [0.15, 0.2) is 24.3 Å². The van der Waals surface area contributed by atoms with Gasteiger partial charge in [-0.3, -0.25) is 4.79 Å². The average molecular weight is 516 g/mol. The number of aromatic nitrogens is 2. The first-order valence-corrected chi connectivity index (χ1v) is 15.2. The molecule has 38 heavy (non-hydrogen) atoms. The number of hydrogen-bond acceptors (Lipinski definition) is 3. The van der Waals surface area contributed by atoms with E-state index < -0.39 is 5.97 Å². The van der Waals surface area contributed by atoms with Crippen molar-refractivity contribution in [3.05, 3.63) is 47.0 Å². The van der Waals surface area contributed by atoms with Crippen molar-refractivity contribution in [3.8, 4) is 0 Å². The van der Waals surface area contributed by atoms with E-state index in [9.17, 15) is 14.7 Å². The largest absolute Gasteiger partial charge is 0.478 e. The number of hydrogen-bond donors (Lipinski definition) is 3. The number of H-pyrrole nitrogens is 1. The van der Waals surface area contributed by atoms with Crippen LogP contribution in [-0.4, -0.2) is 27.0 Å². The molecule has 0 unspecified atom stereocenters. The van der Waals surface area contributed by atoms with E-state index in [1.807, 2.05) is 0 Å². The first-order valence-electron chi connectivity index (χ1n) is 15.2. The van der Waals surface area contributed by atoms with Crippen LogP contribution in [0.3, 0.4) is 0 Å². The van der Waals surface area contributed by atoms with Crippen LogP contribution in [0.4, 0.5) is 5.69 Å². The summed E-state index contributed by atoms with van der Waals surface area (Å²) in [6.07, 6.45) is 18.2. The van der Waals surface area contributed by atoms with Crippen LogP contribution in [-0.2, 0) is 6.42 Å². The topological polar surface area (TPSA) is 95.1 Å². The minimum Gasteiger partial charge on any atom is -0.478 e. The van der Waals surface area contributed by atoms with Gasteiger partial charge in [-0.25, -0.2) is 9.78 Å². The summed E-state index contributed by atoms with van der Waals surface area (Å²) in [7, 11) is 0. The standard InChI is InChI=1S/C32H41N3O3/c36-30(33-25-9-3-8-24(15-25)31(37)38)28-26(10-11-32-16-19-12-20(17-32)14-21(13-19)18-32)34-29(35-28)27-22-4-1-5-23(27)7-2-6-22/h3,8-9,15,19-23,27H,1-2,4-7,10-14,16-18H2,(H,33,36)(H,34,35)(H,37,38). The van der Waals surface area contributed by atoms with Crippen molar-refractivity contribution in [1.29, 1.82) is 0 Å². The maximum absolute atomic E-state index is 13.6. The predicted octanol–water partition coefficient (Wildman–Crippen LogP) is 7.19. The molecular formula is C32H41N3O3. The van der Waals surface area contributed by atoms with Gasteiger partial charge in [0.15, 0.2) is 0 Å². The number of carbonyl (C=O) groups excluding carboxylic acids is 1. The van der Waals surface area contributed by atoms with E-state index in [1.165, 1.54) is 83.1 Å². The lowest BCUT2D eigenvalue weighted by Crippen LogP contribution is -2.46. The highest BCUT2D eigenvalue weighted by Gasteiger charge is 2.50. The summed E-state index contributed by atoms with van der Waals surface area (Å²) in [5, 5.41) is 12.4. The first-order chi connectivity index (χ1) is 18.4.